The second-order valence-electron chi connectivity index (χ2n) is 7.97. The van der Waals surface area contributed by atoms with Gasteiger partial charge in [-0.3, -0.25) is 4.79 Å². The maximum absolute atomic E-state index is 12.9. The molecule has 1 N–H and O–H groups in total. The van der Waals surface area contributed by atoms with E-state index in [0.29, 0.717) is 5.56 Å². The van der Waals surface area contributed by atoms with E-state index >= 15 is 0 Å². The number of halogens is 1. The van der Waals surface area contributed by atoms with Gasteiger partial charge in [-0.15, -0.1) is 10.2 Å². The van der Waals surface area contributed by atoms with Gasteiger partial charge in [0.25, 0.3) is 5.91 Å². The summed E-state index contributed by atoms with van der Waals surface area (Å²) in [5, 5.41) is 16.2. The highest BCUT2D eigenvalue weighted by molar-refractivity contribution is 9.10. The fourth-order valence-electron chi connectivity index (χ4n) is 4.07. The minimum atomic E-state index is -0.185. The summed E-state index contributed by atoms with van der Waals surface area (Å²) in [5.41, 5.74) is 3.96. The van der Waals surface area contributed by atoms with Crippen molar-refractivity contribution in [1.82, 2.24) is 24.5 Å². The molecule has 0 saturated heterocycles. The molecule has 8 heteroatoms. The monoisotopic (exact) mass is 490 g/mol. The summed E-state index contributed by atoms with van der Waals surface area (Å²) in [5.74, 6) is 1.77. The first-order valence-electron chi connectivity index (χ1n) is 10.7. The summed E-state index contributed by atoms with van der Waals surface area (Å²) in [7, 11) is 0. The van der Waals surface area contributed by atoms with Gasteiger partial charge in [0.2, 0.25) is 0 Å². The number of hydrogen-bond donors (Lipinski definition) is 1. The average Bonchev–Trinajstić information content (AvgIpc) is 3.30. The van der Waals surface area contributed by atoms with E-state index in [9.17, 15) is 4.79 Å². The molecule has 1 aliphatic heterocycles. The molecule has 162 valence electrons. The van der Waals surface area contributed by atoms with Gasteiger partial charge in [0.1, 0.15) is 5.82 Å². The Morgan fingerprint density at radius 3 is 2.56 bits per heavy atom. The molecule has 5 rings (SSSR count). The van der Waals surface area contributed by atoms with Crippen LogP contribution in [0.15, 0.2) is 59.2 Å². The number of carbonyl (C=O) groups excluding carboxylic acids is 1. The van der Waals surface area contributed by atoms with Crippen LogP contribution in [0, 0.1) is 6.92 Å². The number of nitrogens with one attached hydrogen (secondary N) is 1. The summed E-state index contributed by atoms with van der Waals surface area (Å²) in [4.78, 5) is 12.9. The van der Waals surface area contributed by atoms with Crippen LogP contribution in [0.3, 0.4) is 0 Å². The number of fused-ring (bicyclic) bond motifs is 1. The second-order valence-corrected chi connectivity index (χ2v) is 8.88. The molecule has 2 aromatic carbocycles. The molecule has 0 aliphatic carbocycles. The molecule has 3 heterocycles. The molecule has 0 spiro atoms. The highest BCUT2D eigenvalue weighted by Crippen LogP contribution is 2.24. The SMILES string of the molecule is Cc1c(C(=O)Nc2ccc(-c3nnc4n3CCCCC4)cc2)cnn1-c1ccc(Br)cc1. The first-order valence-corrected chi connectivity index (χ1v) is 11.5. The van der Waals surface area contributed by atoms with Gasteiger partial charge < -0.3 is 9.88 Å². The van der Waals surface area contributed by atoms with Crippen LogP contribution in [0.25, 0.3) is 17.1 Å². The normalized spacial score (nSPS) is 13.4. The Kier molecular flexibility index (Phi) is 5.61. The van der Waals surface area contributed by atoms with Gasteiger partial charge in [-0.25, -0.2) is 4.68 Å². The topological polar surface area (TPSA) is 77.6 Å². The highest BCUT2D eigenvalue weighted by atomic mass is 79.9. The van der Waals surface area contributed by atoms with Crippen LogP contribution in [-0.2, 0) is 13.0 Å². The zero-order chi connectivity index (χ0) is 22.1. The number of aryl methyl sites for hydroxylation is 1. The van der Waals surface area contributed by atoms with Crippen LogP contribution in [0.4, 0.5) is 5.69 Å². The van der Waals surface area contributed by atoms with E-state index in [4.69, 9.17) is 0 Å². The number of amides is 1. The zero-order valence-corrected chi connectivity index (χ0v) is 19.3. The summed E-state index contributed by atoms with van der Waals surface area (Å²) in [6, 6.07) is 15.6. The lowest BCUT2D eigenvalue weighted by Gasteiger charge is -2.09. The second kappa shape index (κ2) is 8.70. The molecule has 32 heavy (non-hydrogen) atoms. The van der Waals surface area contributed by atoms with E-state index in [2.05, 4.69) is 41.1 Å². The molecule has 4 aromatic rings. The minimum Gasteiger partial charge on any atom is -0.322 e. The molecule has 0 unspecified atom stereocenters. The lowest BCUT2D eigenvalue weighted by atomic mass is 10.1. The van der Waals surface area contributed by atoms with Gasteiger partial charge in [-0.05, 0) is 68.3 Å². The molecule has 0 atom stereocenters. The van der Waals surface area contributed by atoms with Crippen molar-refractivity contribution in [2.75, 3.05) is 5.32 Å². The van der Waals surface area contributed by atoms with Crippen molar-refractivity contribution in [3.05, 3.63) is 76.3 Å². The van der Waals surface area contributed by atoms with Crippen LogP contribution in [0.5, 0.6) is 0 Å². The van der Waals surface area contributed by atoms with Crippen LogP contribution < -0.4 is 5.32 Å². The van der Waals surface area contributed by atoms with Gasteiger partial charge in [-0.1, -0.05) is 22.4 Å². The Morgan fingerprint density at radius 2 is 1.78 bits per heavy atom. The quantitative estimate of drug-likeness (QED) is 0.427. The Hall–Kier alpha value is -3.26. The fraction of sp³-hybridized carbons (Fsp3) is 0.250. The molecular formula is C24H23BrN6O. The first kappa shape index (κ1) is 20.6. The number of aromatic nitrogens is 5. The molecular weight excluding hydrogens is 468 g/mol. The number of rotatable bonds is 4. The molecule has 7 nitrogen and oxygen atoms in total. The highest BCUT2D eigenvalue weighted by Gasteiger charge is 2.17. The van der Waals surface area contributed by atoms with Crippen LogP contribution in [-0.4, -0.2) is 30.5 Å². The van der Waals surface area contributed by atoms with Gasteiger partial charge >= 0.3 is 0 Å². The Labute approximate surface area is 194 Å². The predicted octanol–water partition coefficient (Wildman–Crippen LogP) is 5.18. The third-order valence-electron chi connectivity index (χ3n) is 5.84. The number of nitrogens with zero attached hydrogens (tertiary/aromatic N) is 5. The number of carbonyl (C=O) groups is 1. The summed E-state index contributed by atoms with van der Waals surface area (Å²) in [6.07, 6.45) is 6.13. The third kappa shape index (κ3) is 3.98. The Bertz CT molecular complexity index is 1260. The van der Waals surface area contributed by atoms with Crippen LogP contribution >= 0.6 is 15.9 Å². The maximum Gasteiger partial charge on any atom is 0.259 e. The smallest absolute Gasteiger partial charge is 0.259 e. The van der Waals surface area contributed by atoms with Crippen molar-refractivity contribution in [3.63, 3.8) is 0 Å². The number of anilines is 1. The minimum absolute atomic E-state index is 0.185. The summed E-state index contributed by atoms with van der Waals surface area (Å²) >= 11 is 3.44. The molecule has 0 radical (unpaired) electrons. The standard InChI is InChI=1S/C24H23BrN6O/c1-16-21(15-26-31(16)20-12-8-18(25)9-13-20)24(32)27-19-10-6-17(7-11-19)23-29-28-22-5-3-2-4-14-30(22)23/h6-13,15H,2-5,14H2,1H3,(H,27,32). The lowest BCUT2D eigenvalue weighted by molar-refractivity contribution is 0.102. The van der Waals surface area contributed by atoms with Crippen molar-refractivity contribution in [1.29, 1.82) is 0 Å². The first-order chi connectivity index (χ1) is 15.6. The van der Waals surface area contributed by atoms with E-state index < -0.39 is 0 Å². The Balaban J connectivity index is 1.33. The van der Waals surface area contributed by atoms with E-state index in [1.165, 1.54) is 12.8 Å². The molecule has 2 aromatic heterocycles. The molecule has 1 aliphatic rings. The number of hydrogen-bond acceptors (Lipinski definition) is 4. The van der Waals surface area contributed by atoms with Gasteiger partial charge in [0, 0.05) is 28.7 Å². The van der Waals surface area contributed by atoms with Gasteiger partial charge in [0.15, 0.2) is 5.82 Å². The fourth-order valence-corrected chi connectivity index (χ4v) is 4.34. The lowest BCUT2D eigenvalue weighted by Crippen LogP contribution is -2.13. The molecule has 0 bridgehead atoms. The van der Waals surface area contributed by atoms with Crippen molar-refractivity contribution in [2.45, 2.75) is 39.2 Å². The number of benzene rings is 2. The van der Waals surface area contributed by atoms with Gasteiger partial charge in [-0.2, -0.15) is 5.10 Å². The van der Waals surface area contributed by atoms with E-state index in [1.807, 2.05) is 55.5 Å². The molecule has 0 fully saturated rings. The van der Waals surface area contributed by atoms with Gasteiger partial charge in [0.05, 0.1) is 23.1 Å². The van der Waals surface area contributed by atoms with Crippen LogP contribution in [0.2, 0.25) is 0 Å². The molecule has 0 saturated carbocycles. The average molecular weight is 491 g/mol. The van der Waals surface area contributed by atoms with E-state index in [0.717, 1.165) is 58.1 Å². The summed E-state index contributed by atoms with van der Waals surface area (Å²) < 4.78 is 4.98. The molecule has 1 amide bonds. The maximum atomic E-state index is 12.9. The van der Waals surface area contributed by atoms with Crippen LogP contribution in [0.1, 0.15) is 41.1 Å². The third-order valence-corrected chi connectivity index (χ3v) is 6.36. The zero-order valence-electron chi connectivity index (χ0n) is 17.8. The predicted molar refractivity (Wildman–Crippen MR) is 127 cm³/mol. The van der Waals surface area contributed by atoms with Crippen molar-refractivity contribution < 1.29 is 4.79 Å². The van der Waals surface area contributed by atoms with E-state index in [1.54, 1.807) is 10.9 Å². The van der Waals surface area contributed by atoms with Crippen molar-refractivity contribution in [3.8, 4) is 17.1 Å². The van der Waals surface area contributed by atoms with Crippen molar-refractivity contribution in [2.24, 2.45) is 0 Å². The Morgan fingerprint density at radius 1 is 1.00 bits per heavy atom. The largest absolute Gasteiger partial charge is 0.322 e. The van der Waals surface area contributed by atoms with Crippen molar-refractivity contribution >= 4 is 27.5 Å². The summed E-state index contributed by atoms with van der Waals surface area (Å²) in [6.45, 7) is 2.85. The van der Waals surface area contributed by atoms with E-state index in [-0.39, 0.29) is 5.91 Å².